The summed E-state index contributed by atoms with van der Waals surface area (Å²) >= 11 is 0. The predicted molar refractivity (Wildman–Crippen MR) is 88.3 cm³/mol. The second-order valence-corrected chi connectivity index (χ2v) is 5.38. The van der Waals surface area contributed by atoms with Gasteiger partial charge in [0, 0.05) is 18.9 Å². The maximum atomic E-state index is 13.2. The molecule has 7 heteroatoms. The van der Waals surface area contributed by atoms with Crippen LogP contribution in [0.3, 0.4) is 0 Å². The van der Waals surface area contributed by atoms with E-state index in [0.717, 1.165) is 0 Å². The van der Waals surface area contributed by atoms with Gasteiger partial charge in [-0.3, -0.25) is 14.4 Å². The highest BCUT2D eigenvalue weighted by atomic mass is 19.1. The zero-order valence-corrected chi connectivity index (χ0v) is 13.5. The number of ether oxygens (including phenoxy) is 1. The number of benzene rings is 2. The van der Waals surface area contributed by atoms with Crippen LogP contribution < -0.4 is 15.8 Å². The lowest BCUT2D eigenvalue weighted by Gasteiger charge is -2.16. The average molecular weight is 344 g/mol. The number of primary amides is 1. The lowest BCUT2D eigenvalue weighted by Crippen LogP contribution is -2.45. The Morgan fingerprint density at radius 3 is 2.40 bits per heavy atom. The number of nitrogens with one attached hydrogen (secondary N) is 1. The zero-order chi connectivity index (χ0) is 18.4. The van der Waals surface area contributed by atoms with E-state index in [9.17, 15) is 18.8 Å². The van der Waals surface area contributed by atoms with Gasteiger partial charge in [-0.25, -0.2) is 4.39 Å². The number of esters is 1. The summed E-state index contributed by atoms with van der Waals surface area (Å²) in [7, 11) is 0. The fraction of sp³-hybridized carbons (Fsp3) is 0.167. The molecule has 0 radical (unpaired) electrons. The summed E-state index contributed by atoms with van der Waals surface area (Å²) in [5.74, 6) is -1.85. The largest absolute Gasteiger partial charge is 0.427 e. The number of halogens is 1. The van der Waals surface area contributed by atoms with E-state index in [4.69, 9.17) is 10.5 Å². The van der Waals surface area contributed by atoms with Gasteiger partial charge in [0.1, 0.15) is 17.6 Å². The third kappa shape index (κ3) is 5.42. The molecule has 0 aliphatic carbocycles. The summed E-state index contributed by atoms with van der Waals surface area (Å²) in [5.41, 5.74) is 6.12. The molecule has 0 heterocycles. The molecule has 25 heavy (non-hydrogen) atoms. The molecule has 2 rings (SSSR count). The molecule has 0 aliphatic heterocycles. The average Bonchev–Trinajstić information content (AvgIpc) is 2.54. The fourth-order valence-corrected chi connectivity index (χ4v) is 2.20. The second-order valence-electron chi connectivity index (χ2n) is 5.38. The number of nitrogens with two attached hydrogens (primary N) is 1. The minimum atomic E-state index is -0.984. The Morgan fingerprint density at radius 1 is 1.16 bits per heavy atom. The topological polar surface area (TPSA) is 98.5 Å². The molecule has 0 saturated carbocycles. The standard InChI is InChI=1S/C18H17FN2O4/c1-11(22)25-15-7-5-13(6-8-15)18(24)21-16(17(20)23)10-12-3-2-4-14(19)9-12/h2-9,16H,10H2,1H3,(H2,20,23)(H,21,24)/t16-/m1/s1. The number of amides is 2. The van der Waals surface area contributed by atoms with Crippen molar-refractivity contribution in [1.29, 1.82) is 0 Å². The molecule has 2 aromatic carbocycles. The van der Waals surface area contributed by atoms with Crippen LogP contribution in [0.5, 0.6) is 5.75 Å². The first kappa shape index (κ1) is 18.1. The van der Waals surface area contributed by atoms with Crippen molar-refractivity contribution < 1.29 is 23.5 Å². The van der Waals surface area contributed by atoms with E-state index in [1.54, 1.807) is 6.07 Å². The van der Waals surface area contributed by atoms with Crippen LogP contribution in [0.1, 0.15) is 22.8 Å². The quantitative estimate of drug-likeness (QED) is 0.614. The highest BCUT2D eigenvalue weighted by Gasteiger charge is 2.19. The maximum Gasteiger partial charge on any atom is 0.308 e. The molecule has 0 bridgehead atoms. The van der Waals surface area contributed by atoms with Crippen LogP contribution in [0.2, 0.25) is 0 Å². The summed E-state index contributed by atoms with van der Waals surface area (Å²) in [5, 5.41) is 2.52. The summed E-state index contributed by atoms with van der Waals surface area (Å²) in [6.07, 6.45) is 0.0738. The van der Waals surface area contributed by atoms with Gasteiger partial charge in [-0.1, -0.05) is 12.1 Å². The van der Waals surface area contributed by atoms with Crippen LogP contribution in [0, 0.1) is 5.82 Å². The van der Waals surface area contributed by atoms with Crippen molar-refractivity contribution in [1.82, 2.24) is 5.32 Å². The maximum absolute atomic E-state index is 13.2. The molecule has 6 nitrogen and oxygen atoms in total. The summed E-state index contributed by atoms with van der Waals surface area (Å²) in [6.45, 7) is 1.27. The van der Waals surface area contributed by atoms with Crippen molar-refractivity contribution in [3.63, 3.8) is 0 Å². The Hall–Kier alpha value is -3.22. The van der Waals surface area contributed by atoms with Crippen molar-refractivity contribution in [2.24, 2.45) is 5.73 Å². The number of carbonyl (C=O) groups is 3. The molecule has 1 atom stereocenters. The van der Waals surface area contributed by atoms with Gasteiger partial charge in [-0.05, 0) is 42.0 Å². The summed E-state index contributed by atoms with van der Waals surface area (Å²) in [4.78, 5) is 34.7. The van der Waals surface area contributed by atoms with E-state index >= 15 is 0 Å². The molecule has 0 spiro atoms. The van der Waals surface area contributed by atoms with Crippen molar-refractivity contribution in [2.75, 3.05) is 0 Å². The van der Waals surface area contributed by atoms with Gasteiger partial charge in [0.15, 0.2) is 0 Å². The Kier molecular flexibility index (Phi) is 5.84. The van der Waals surface area contributed by atoms with Gasteiger partial charge in [0.05, 0.1) is 0 Å². The highest BCUT2D eigenvalue weighted by molar-refractivity contribution is 5.97. The normalized spacial score (nSPS) is 11.4. The third-order valence-electron chi connectivity index (χ3n) is 3.36. The van der Waals surface area contributed by atoms with Crippen LogP contribution in [0.4, 0.5) is 4.39 Å². The predicted octanol–water partition coefficient (Wildman–Crippen LogP) is 1.58. The monoisotopic (exact) mass is 344 g/mol. The molecule has 0 aliphatic rings. The Labute approximate surface area is 143 Å². The minimum Gasteiger partial charge on any atom is -0.427 e. The SMILES string of the molecule is CC(=O)Oc1ccc(C(=O)N[C@H](Cc2cccc(F)c2)C(N)=O)cc1. The van der Waals surface area contributed by atoms with Gasteiger partial charge in [0.2, 0.25) is 5.91 Å². The molecule has 2 aromatic rings. The molecule has 0 saturated heterocycles. The molecule has 2 amide bonds. The van der Waals surface area contributed by atoms with Gasteiger partial charge in [-0.15, -0.1) is 0 Å². The number of rotatable bonds is 6. The summed E-state index contributed by atoms with van der Waals surface area (Å²) < 4.78 is 18.1. The van der Waals surface area contributed by atoms with Crippen molar-refractivity contribution >= 4 is 17.8 Å². The first-order chi connectivity index (χ1) is 11.8. The van der Waals surface area contributed by atoms with Crippen LogP contribution in [0.25, 0.3) is 0 Å². The van der Waals surface area contributed by atoms with E-state index in [2.05, 4.69) is 5.32 Å². The number of hydrogen-bond donors (Lipinski definition) is 2. The second kappa shape index (κ2) is 8.05. The van der Waals surface area contributed by atoms with E-state index in [1.807, 2.05) is 0 Å². The molecule has 130 valence electrons. The van der Waals surface area contributed by atoms with Gasteiger partial charge < -0.3 is 15.8 Å². The number of hydrogen-bond acceptors (Lipinski definition) is 4. The number of carbonyl (C=O) groups excluding carboxylic acids is 3. The van der Waals surface area contributed by atoms with Gasteiger partial charge in [-0.2, -0.15) is 0 Å². The molecular formula is C18H17FN2O4. The molecule has 0 unspecified atom stereocenters. The first-order valence-electron chi connectivity index (χ1n) is 7.48. The fourth-order valence-electron chi connectivity index (χ4n) is 2.20. The van der Waals surface area contributed by atoms with E-state index in [1.165, 1.54) is 49.4 Å². The lowest BCUT2D eigenvalue weighted by molar-refractivity contribution is -0.131. The summed E-state index contributed by atoms with van der Waals surface area (Å²) in [6, 6.07) is 10.5. The van der Waals surface area contributed by atoms with Crippen molar-refractivity contribution in [3.05, 3.63) is 65.5 Å². The molecule has 0 aromatic heterocycles. The zero-order valence-electron chi connectivity index (χ0n) is 13.5. The first-order valence-corrected chi connectivity index (χ1v) is 7.48. The van der Waals surface area contributed by atoms with Crippen LogP contribution >= 0.6 is 0 Å². The van der Waals surface area contributed by atoms with E-state index in [-0.39, 0.29) is 12.0 Å². The smallest absolute Gasteiger partial charge is 0.308 e. The molecular weight excluding hydrogens is 327 g/mol. The van der Waals surface area contributed by atoms with Gasteiger partial charge >= 0.3 is 5.97 Å². The Bertz CT molecular complexity index is 790. The molecule has 0 fully saturated rings. The van der Waals surface area contributed by atoms with Crippen LogP contribution in [-0.4, -0.2) is 23.8 Å². The highest BCUT2D eigenvalue weighted by Crippen LogP contribution is 2.13. The van der Waals surface area contributed by atoms with Crippen LogP contribution in [0.15, 0.2) is 48.5 Å². The van der Waals surface area contributed by atoms with Gasteiger partial charge in [0.25, 0.3) is 5.91 Å². The molecule has 3 N–H and O–H groups in total. The Morgan fingerprint density at radius 2 is 1.84 bits per heavy atom. The van der Waals surface area contributed by atoms with E-state index < -0.39 is 29.6 Å². The lowest BCUT2D eigenvalue weighted by atomic mass is 10.0. The van der Waals surface area contributed by atoms with Crippen molar-refractivity contribution in [3.8, 4) is 5.75 Å². The van der Waals surface area contributed by atoms with Crippen molar-refractivity contribution in [2.45, 2.75) is 19.4 Å². The third-order valence-corrected chi connectivity index (χ3v) is 3.36. The van der Waals surface area contributed by atoms with E-state index in [0.29, 0.717) is 11.3 Å². The van der Waals surface area contributed by atoms with Crippen LogP contribution in [-0.2, 0) is 16.0 Å². The minimum absolute atomic E-state index is 0.0738. The Balaban J connectivity index is 2.07.